The van der Waals surface area contributed by atoms with Gasteiger partial charge in [0.1, 0.15) is 24.4 Å². The van der Waals surface area contributed by atoms with Crippen LogP contribution in [0, 0.1) is 0 Å². The first-order chi connectivity index (χ1) is 11.6. The SMILES string of the molecule is OC[C@@H]1O[C@@H](n2cc(CCc3ccccc3)nn2)[C@H](O)[C@H](O)[C@H]1O. The Morgan fingerprint density at radius 2 is 1.75 bits per heavy atom. The maximum absolute atomic E-state index is 10.1. The van der Waals surface area contributed by atoms with Crippen molar-refractivity contribution in [3.63, 3.8) is 0 Å². The molecule has 1 aliphatic heterocycles. The van der Waals surface area contributed by atoms with Gasteiger partial charge in [-0.15, -0.1) is 5.10 Å². The van der Waals surface area contributed by atoms with Crippen LogP contribution in [0.4, 0.5) is 0 Å². The fourth-order valence-corrected chi connectivity index (χ4v) is 2.77. The molecule has 5 atom stereocenters. The Kier molecular flexibility index (Phi) is 5.22. The lowest BCUT2D eigenvalue weighted by Gasteiger charge is -2.39. The first-order valence-electron chi connectivity index (χ1n) is 7.85. The van der Waals surface area contributed by atoms with Gasteiger partial charge >= 0.3 is 0 Å². The lowest BCUT2D eigenvalue weighted by atomic mass is 9.98. The standard InChI is InChI=1S/C16H21N3O5/c20-9-12-13(21)14(22)15(23)16(24-12)19-8-11(17-18-19)7-6-10-4-2-1-3-5-10/h1-5,8,12-16,20-23H,6-7,9H2/t12-,13-,14+,15+,16+/m0/s1. The molecule has 130 valence electrons. The molecule has 24 heavy (non-hydrogen) atoms. The zero-order chi connectivity index (χ0) is 17.1. The van der Waals surface area contributed by atoms with E-state index in [1.807, 2.05) is 30.3 Å². The summed E-state index contributed by atoms with van der Waals surface area (Å²) in [5.41, 5.74) is 1.90. The quantitative estimate of drug-likeness (QED) is 0.555. The Hall–Kier alpha value is -1.84. The third kappa shape index (κ3) is 3.47. The predicted molar refractivity (Wildman–Crippen MR) is 82.9 cm³/mol. The van der Waals surface area contributed by atoms with Crippen LogP contribution in [-0.2, 0) is 17.6 Å². The van der Waals surface area contributed by atoms with Crippen molar-refractivity contribution in [1.82, 2.24) is 15.0 Å². The Labute approximate surface area is 138 Å². The summed E-state index contributed by atoms with van der Waals surface area (Å²) >= 11 is 0. The molecule has 3 rings (SSSR count). The van der Waals surface area contributed by atoms with E-state index in [-0.39, 0.29) is 0 Å². The number of hydrogen-bond donors (Lipinski definition) is 4. The number of aliphatic hydroxyl groups excluding tert-OH is 4. The minimum Gasteiger partial charge on any atom is -0.394 e. The van der Waals surface area contributed by atoms with Gasteiger partial charge in [0.2, 0.25) is 0 Å². The van der Waals surface area contributed by atoms with Crippen molar-refractivity contribution in [2.45, 2.75) is 43.5 Å². The number of benzene rings is 1. The van der Waals surface area contributed by atoms with Gasteiger partial charge in [0, 0.05) is 0 Å². The summed E-state index contributed by atoms with van der Waals surface area (Å²) in [6.45, 7) is -0.475. The summed E-state index contributed by atoms with van der Waals surface area (Å²) in [6, 6.07) is 9.96. The monoisotopic (exact) mass is 335 g/mol. The smallest absolute Gasteiger partial charge is 0.180 e. The zero-order valence-electron chi connectivity index (χ0n) is 13.0. The van der Waals surface area contributed by atoms with E-state index in [4.69, 9.17) is 4.74 Å². The Bertz CT molecular complexity index is 648. The van der Waals surface area contributed by atoms with Gasteiger partial charge in [-0.25, -0.2) is 4.68 Å². The molecular weight excluding hydrogens is 314 g/mol. The fraction of sp³-hybridized carbons (Fsp3) is 0.500. The van der Waals surface area contributed by atoms with Gasteiger partial charge < -0.3 is 25.2 Å². The van der Waals surface area contributed by atoms with Crippen LogP contribution in [0.15, 0.2) is 36.5 Å². The number of nitrogens with zero attached hydrogens (tertiary/aromatic N) is 3. The number of aliphatic hydroxyl groups is 4. The fourth-order valence-electron chi connectivity index (χ4n) is 2.77. The predicted octanol–water partition coefficient (Wildman–Crippen LogP) is -0.964. The first-order valence-corrected chi connectivity index (χ1v) is 7.85. The van der Waals surface area contributed by atoms with E-state index in [1.165, 1.54) is 10.2 Å². The Morgan fingerprint density at radius 1 is 1.00 bits per heavy atom. The third-order valence-electron chi connectivity index (χ3n) is 4.20. The van der Waals surface area contributed by atoms with Gasteiger partial charge in [0.25, 0.3) is 0 Å². The highest BCUT2D eigenvalue weighted by molar-refractivity contribution is 5.16. The first kappa shape index (κ1) is 17.0. The van der Waals surface area contributed by atoms with Crippen LogP contribution in [0.3, 0.4) is 0 Å². The molecule has 4 N–H and O–H groups in total. The van der Waals surface area contributed by atoms with Crippen LogP contribution in [0.25, 0.3) is 0 Å². The lowest BCUT2D eigenvalue weighted by molar-refractivity contribution is -0.254. The molecule has 0 unspecified atom stereocenters. The van der Waals surface area contributed by atoms with Gasteiger partial charge in [0.15, 0.2) is 6.23 Å². The number of aromatic nitrogens is 3. The Balaban J connectivity index is 1.68. The minimum atomic E-state index is -1.43. The highest BCUT2D eigenvalue weighted by Gasteiger charge is 2.44. The van der Waals surface area contributed by atoms with Gasteiger partial charge in [-0.3, -0.25) is 0 Å². The normalized spacial score (nSPS) is 30.4. The third-order valence-corrected chi connectivity index (χ3v) is 4.20. The van der Waals surface area contributed by atoms with Gasteiger partial charge in [-0.2, -0.15) is 0 Å². The van der Waals surface area contributed by atoms with Crippen LogP contribution < -0.4 is 0 Å². The van der Waals surface area contributed by atoms with Crippen LogP contribution in [0.2, 0.25) is 0 Å². The topological polar surface area (TPSA) is 121 Å². The number of aryl methyl sites for hydroxylation is 2. The maximum Gasteiger partial charge on any atom is 0.180 e. The molecule has 0 radical (unpaired) electrons. The second kappa shape index (κ2) is 7.37. The average Bonchev–Trinajstić information content (AvgIpc) is 3.08. The van der Waals surface area contributed by atoms with Crippen molar-refractivity contribution in [3.05, 3.63) is 47.8 Å². The summed E-state index contributed by atoms with van der Waals surface area (Å²) in [5, 5.41) is 46.9. The van der Waals surface area contributed by atoms with E-state index in [0.29, 0.717) is 6.42 Å². The second-order valence-electron chi connectivity index (χ2n) is 5.89. The van der Waals surface area contributed by atoms with Crippen molar-refractivity contribution in [2.75, 3.05) is 6.61 Å². The summed E-state index contributed by atoms with van der Waals surface area (Å²) in [4.78, 5) is 0. The molecule has 0 aliphatic carbocycles. The molecule has 1 aromatic carbocycles. The molecule has 0 saturated carbocycles. The number of ether oxygens (including phenoxy) is 1. The summed E-state index contributed by atoms with van der Waals surface area (Å²) < 4.78 is 6.75. The summed E-state index contributed by atoms with van der Waals surface area (Å²) in [6.07, 6.45) is -3.07. The van der Waals surface area contributed by atoms with Crippen molar-refractivity contribution in [2.24, 2.45) is 0 Å². The van der Waals surface area contributed by atoms with E-state index in [0.717, 1.165) is 12.1 Å². The van der Waals surface area contributed by atoms with Crippen LogP contribution in [0.1, 0.15) is 17.5 Å². The molecule has 1 fully saturated rings. The van der Waals surface area contributed by atoms with Crippen LogP contribution in [-0.4, -0.2) is 66.4 Å². The van der Waals surface area contributed by atoms with E-state index in [2.05, 4.69) is 10.3 Å². The maximum atomic E-state index is 10.1. The molecule has 0 spiro atoms. The molecule has 1 saturated heterocycles. The second-order valence-corrected chi connectivity index (χ2v) is 5.89. The van der Waals surface area contributed by atoms with Gasteiger partial charge in [-0.1, -0.05) is 35.5 Å². The molecule has 8 heteroatoms. The zero-order valence-corrected chi connectivity index (χ0v) is 13.0. The lowest BCUT2D eigenvalue weighted by Crippen LogP contribution is -2.56. The van der Waals surface area contributed by atoms with Crippen molar-refractivity contribution in [3.8, 4) is 0 Å². The van der Waals surface area contributed by atoms with Crippen molar-refractivity contribution >= 4 is 0 Å². The molecule has 8 nitrogen and oxygen atoms in total. The van der Waals surface area contributed by atoms with E-state index in [1.54, 1.807) is 6.20 Å². The van der Waals surface area contributed by atoms with Crippen LogP contribution in [0.5, 0.6) is 0 Å². The van der Waals surface area contributed by atoms with Gasteiger partial charge in [0.05, 0.1) is 18.5 Å². The van der Waals surface area contributed by atoms with E-state index >= 15 is 0 Å². The molecule has 1 aliphatic rings. The highest BCUT2D eigenvalue weighted by Crippen LogP contribution is 2.27. The highest BCUT2D eigenvalue weighted by atomic mass is 16.6. The number of rotatable bonds is 5. The largest absolute Gasteiger partial charge is 0.394 e. The molecule has 2 heterocycles. The van der Waals surface area contributed by atoms with Crippen molar-refractivity contribution in [1.29, 1.82) is 0 Å². The molecule has 0 bridgehead atoms. The Morgan fingerprint density at radius 3 is 2.46 bits per heavy atom. The number of hydrogen-bond acceptors (Lipinski definition) is 7. The summed E-state index contributed by atoms with van der Waals surface area (Å²) in [7, 11) is 0. The molecule has 2 aromatic rings. The van der Waals surface area contributed by atoms with E-state index in [9.17, 15) is 20.4 Å². The average molecular weight is 335 g/mol. The summed E-state index contributed by atoms with van der Waals surface area (Å²) in [5.74, 6) is 0. The van der Waals surface area contributed by atoms with Crippen LogP contribution >= 0.6 is 0 Å². The van der Waals surface area contributed by atoms with Gasteiger partial charge in [-0.05, 0) is 18.4 Å². The molecular formula is C16H21N3O5. The van der Waals surface area contributed by atoms with Crippen molar-refractivity contribution < 1.29 is 25.2 Å². The molecule has 1 aromatic heterocycles. The van der Waals surface area contributed by atoms with E-state index < -0.39 is 37.3 Å². The minimum absolute atomic E-state index is 0.475. The molecule has 0 amide bonds.